The lowest BCUT2D eigenvalue weighted by molar-refractivity contribution is 0.475. The molecule has 1 aromatic rings. The second kappa shape index (κ2) is 4.88. The van der Waals surface area contributed by atoms with Crippen LogP contribution in [0.1, 0.15) is 19.8 Å². The SMILES string of the molecule is CCC1C=CC(Nc2ccc(O)cc2)=CC1. The summed E-state index contributed by atoms with van der Waals surface area (Å²) >= 11 is 0. The predicted molar refractivity (Wildman–Crippen MR) is 67.4 cm³/mol. The van der Waals surface area contributed by atoms with Gasteiger partial charge in [0.1, 0.15) is 5.75 Å². The highest BCUT2D eigenvalue weighted by Gasteiger charge is 2.06. The maximum Gasteiger partial charge on any atom is 0.115 e. The number of aromatic hydroxyl groups is 1. The Morgan fingerprint density at radius 2 is 2.06 bits per heavy atom. The van der Waals surface area contributed by atoms with Crippen molar-refractivity contribution in [2.45, 2.75) is 19.8 Å². The third kappa shape index (κ3) is 2.66. The lowest BCUT2D eigenvalue weighted by atomic mass is 9.97. The summed E-state index contributed by atoms with van der Waals surface area (Å²) in [7, 11) is 0. The molecule has 0 spiro atoms. The fraction of sp³-hybridized carbons (Fsp3) is 0.286. The number of phenolic OH excluding ortho intramolecular Hbond substituents is 1. The van der Waals surface area contributed by atoms with Gasteiger partial charge in [-0.3, -0.25) is 0 Å². The molecule has 0 heterocycles. The Bertz CT molecular complexity index is 403. The Hall–Kier alpha value is -1.70. The summed E-state index contributed by atoms with van der Waals surface area (Å²) in [6.07, 6.45) is 8.90. The molecule has 2 rings (SSSR count). The summed E-state index contributed by atoms with van der Waals surface area (Å²) in [5.41, 5.74) is 2.14. The van der Waals surface area contributed by atoms with Gasteiger partial charge in [0.15, 0.2) is 0 Å². The fourth-order valence-electron chi connectivity index (χ4n) is 1.77. The molecule has 1 atom stereocenters. The van der Waals surface area contributed by atoms with E-state index >= 15 is 0 Å². The van der Waals surface area contributed by atoms with Crippen LogP contribution in [0.25, 0.3) is 0 Å². The van der Waals surface area contributed by atoms with Gasteiger partial charge in [0.25, 0.3) is 0 Å². The zero-order valence-electron chi connectivity index (χ0n) is 9.48. The highest BCUT2D eigenvalue weighted by atomic mass is 16.3. The normalized spacial score (nSPS) is 19.3. The monoisotopic (exact) mass is 215 g/mol. The minimum atomic E-state index is 0.296. The molecule has 16 heavy (non-hydrogen) atoms. The lowest BCUT2D eigenvalue weighted by Crippen LogP contribution is -2.04. The summed E-state index contributed by atoms with van der Waals surface area (Å²) in [5, 5.41) is 12.5. The first-order valence-corrected chi connectivity index (χ1v) is 5.72. The molecule has 0 fully saturated rings. The van der Waals surface area contributed by atoms with E-state index in [-0.39, 0.29) is 0 Å². The first kappa shape index (κ1) is 10.8. The van der Waals surface area contributed by atoms with Gasteiger partial charge in [0, 0.05) is 11.4 Å². The molecule has 0 amide bonds. The molecule has 0 bridgehead atoms. The number of hydrogen-bond donors (Lipinski definition) is 2. The van der Waals surface area contributed by atoms with Crippen LogP contribution in [-0.4, -0.2) is 5.11 Å². The van der Waals surface area contributed by atoms with Gasteiger partial charge in [-0.25, -0.2) is 0 Å². The van der Waals surface area contributed by atoms with Crippen LogP contribution >= 0.6 is 0 Å². The maximum atomic E-state index is 9.17. The molecular weight excluding hydrogens is 198 g/mol. The van der Waals surface area contributed by atoms with Gasteiger partial charge < -0.3 is 10.4 Å². The second-order valence-electron chi connectivity index (χ2n) is 4.09. The fourth-order valence-corrected chi connectivity index (χ4v) is 1.77. The number of rotatable bonds is 3. The molecular formula is C14H17NO. The molecule has 0 aromatic heterocycles. The van der Waals surface area contributed by atoms with Gasteiger partial charge in [0.2, 0.25) is 0 Å². The smallest absolute Gasteiger partial charge is 0.115 e. The largest absolute Gasteiger partial charge is 0.508 e. The van der Waals surface area contributed by atoms with Crippen LogP contribution < -0.4 is 5.32 Å². The highest BCUT2D eigenvalue weighted by molar-refractivity contribution is 5.52. The third-order valence-corrected chi connectivity index (χ3v) is 2.87. The van der Waals surface area contributed by atoms with Crippen LogP contribution in [0.3, 0.4) is 0 Å². The molecule has 0 aliphatic heterocycles. The Morgan fingerprint density at radius 3 is 2.62 bits per heavy atom. The molecule has 84 valence electrons. The summed E-state index contributed by atoms with van der Waals surface area (Å²) in [4.78, 5) is 0. The molecule has 2 N–H and O–H groups in total. The first-order valence-electron chi connectivity index (χ1n) is 5.72. The maximum absolute atomic E-state index is 9.17. The van der Waals surface area contributed by atoms with E-state index in [4.69, 9.17) is 0 Å². The Morgan fingerprint density at radius 1 is 1.31 bits per heavy atom. The minimum Gasteiger partial charge on any atom is -0.508 e. The zero-order chi connectivity index (χ0) is 11.4. The highest BCUT2D eigenvalue weighted by Crippen LogP contribution is 2.21. The van der Waals surface area contributed by atoms with Gasteiger partial charge in [-0.05, 0) is 49.1 Å². The molecule has 1 aromatic carbocycles. The van der Waals surface area contributed by atoms with Crippen LogP contribution in [0.2, 0.25) is 0 Å². The average molecular weight is 215 g/mol. The van der Waals surface area contributed by atoms with Crippen molar-refractivity contribution in [3.05, 3.63) is 48.2 Å². The molecule has 2 heteroatoms. The Kier molecular flexibility index (Phi) is 3.30. The molecule has 0 saturated carbocycles. The first-order chi connectivity index (χ1) is 7.78. The van der Waals surface area contributed by atoms with E-state index in [1.165, 1.54) is 6.42 Å². The zero-order valence-corrected chi connectivity index (χ0v) is 9.48. The number of nitrogens with one attached hydrogen (secondary N) is 1. The van der Waals surface area contributed by atoms with Crippen molar-refractivity contribution in [2.75, 3.05) is 5.32 Å². The molecule has 0 radical (unpaired) electrons. The number of hydrogen-bond acceptors (Lipinski definition) is 2. The van der Waals surface area contributed by atoms with Crippen molar-refractivity contribution in [3.8, 4) is 5.75 Å². The van der Waals surface area contributed by atoms with E-state index in [0.29, 0.717) is 11.7 Å². The predicted octanol–water partition coefficient (Wildman–Crippen LogP) is 3.67. The molecule has 1 aliphatic carbocycles. The van der Waals surface area contributed by atoms with Crippen molar-refractivity contribution in [2.24, 2.45) is 5.92 Å². The van der Waals surface area contributed by atoms with Gasteiger partial charge in [-0.1, -0.05) is 19.1 Å². The van der Waals surface area contributed by atoms with Crippen molar-refractivity contribution in [1.82, 2.24) is 0 Å². The molecule has 2 nitrogen and oxygen atoms in total. The standard InChI is InChI=1S/C14H17NO/c1-2-11-3-5-12(6-4-11)15-13-7-9-14(16)10-8-13/h3,5-11,15-16H,2,4H2,1H3. The number of anilines is 1. The topological polar surface area (TPSA) is 32.3 Å². The van der Waals surface area contributed by atoms with Gasteiger partial charge in [-0.15, -0.1) is 0 Å². The quantitative estimate of drug-likeness (QED) is 0.754. The number of allylic oxidation sites excluding steroid dienone is 3. The van der Waals surface area contributed by atoms with Gasteiger partial charge in [-0.2, -0.15) is 0 Å². The van der Waals surface area contributed by atoms with Gasteiger partial charge >= 0.3 is 0 Å². The van der Waals surface area contributed by atoms with E-state index in [1.807, 2.05) is 12.1 Å². The number of benzene rings is 1. The lowest BCUT2D eigenvalue weighted by Gasteiger charge is -2.15. The molecule has 1 unspecified atom stereocenters. The Labute approximate surface area is 96.3 Å². The second-order valence-corrected chi connectivity index (χ2v) is 4.09. The van der Waals surface area contributed by atoms with Crippen molar-refractivity contribution in [1.29, 1.82) is 0 Å². The van der Waals surface area contributed by atoms with E-state index in [9.17, 15) is 5.11 Å². The van der Waals surface area contributed by atoms with Crippen molar-refractivity contribution >= 4 is 5.69 Å². The summed E-state index contributed by atoms with van der Waals surface area (Å²) in [6, 6.07) is 7.11. The molecule has 0 saturated heterocycles. The third-order valence-electron chi connectivity index (χ3n) is 2.87. The average Bonchev–Trinajstić information content (AvgIpc) is 2.33. The van der Waals surface area contributed by atoms with E-state index < -0.39 is 0 Å². The van der Waals surface area contributed by atoms with Crippen LogP contribution in [0.4, 0.5) is 5.69 Å². The number of phenols is 1. The van der Waals surface area contributed by atoms with Crippen molar-refractivity contribution in [3.63, 3.8) is 0 Å². The van der Waals surface area contributed by atoms with Crippen LogP contribution in [0.15, 0.2) is 48.2 Å². The Balaban J connectivity index is 1.99. The molecule has 1 aliphatic rings. The summed E-state index contributed by atoms with van der Waals surface area (Å²) < 4.78 is 0. The van der Waals surface area contributed by atoms with E-state index in [1.54, 1.807) is 12.1 Å². The van der Waals surface area contributed by atoms with Crippen LogP contribution in [0.5, 0.6) is 5.75 Å². The minimum absolute atomic E-state index is 0.296. The summed E-state index contributed by atoms with van der Waals surface area (Å²) in [5.74, 6) is 0.982. The van der Waals surface area contributed by atoms with E-state index in [2.05, 4.69) is 30.5 Å². The van der Waals surface area contributed by atoms with E-state index in [0.717, 1.165) is 17.8 Å². The van der Waals surface area contributed by atoms with Crippen LogP contribution in [-0.2, 0) is 0 Å². The summed E-state index contributed by atoms with van der Waals surface area (Å²) in [6.45, 7) is 2.21. The van der Waals surface area contributed by atoms with Crippen molar-refractivity contribution < 1.29 is 5.11 Å². The van der Waals surface area contributed by atoms with Crippen LogP contribution in [0, 0.1) is 5.92 Å². The van der Waals surface area contributed by atoms with Gasteiger partial charge in [0.05, 0.1) is 0 Å².